The summed E-state index contributed by atoms with van der Waals surface area (Å²) in [6.07, 6.45) is 0.118. The predicted molar refractivity (Wildman–Crippen MR) is 62.3 cm³/mol. The van der Waals surface area contributed by atoms with E-state index < -0.39 is 30.1 Å². The van der Waals surface area contributed by atoms with Crippen molar-refractivity contribution in [2.75, 3.05) is 6.54 Å². The molecule has 0 unspecified atom stereocenters. The van der Waals surface area contributed by atoms with Gasteiger partial charge in [-0.15, -0.1) is 0 Å². The average molecular weight is 261 g/mol. The topological polar surface area (TPSA) is 83.9 Å². The molecule has 0 radical (unpaired) electrons. The number of aliphatic carboxylic acids is 1. The van der Waals surface area contributed by atoms with Gasteiger partial charge >= 0.3 is 12.1 Å². The molecule has 1 heterocycles. The summed E-state index contributed by atoms with van der Waals surface area (Å²) in [5.41, 5.74) is 0.311. The van der Waals surface area contributed by atoms with Crippen molar-refractivity contribution in [3.05, 3.63) is 35.4 Å². The van der Waals surface area contributed by atoms with Gasteiger partial charge in [0.15, 0.2) is 0 Å². The molecule has 1 aliphatic carbocycles. The van der Waals surface area contributed by atoms with Crippen molar-refractivity contribution in [1.29, 1.82) is 0 Å². The van der Waals surface area contributed by atoms with E-state index in [4.69, 9.17) is 9.84 Å². The molecule has 1 aromatic rings. The van der Waals surface area contributed by atoms with E-state index in [-0.39, 0.29) is 0 Å². The Bertz CT molecular complexity index is 596. The Hall–Kier alpha value is -2.37. The van der Waals surface area contributed by atoms with Gasteiger partial charge in [-0.1, -0.05) is 24.3 Å². The van der Waals surface area contributed by atoms with Crippen molar-refractivity contribution in [3.63, 3.8) is 0 Å². The quantitative estimate of drug-likeness (QED) is 0.854. The Kier molecular flexibility index (Phi) is 2.35. The van der Waals surface area contributed by atoms with E-state index in [1.807, 2.05) is 12.1 Å². The molecule has 1 spiro atoms. The van der Waals surface area contributed by atoms with Crippen LogP contribution in [0.4, 0.5) is 4.79 Å². The van der Waals surface area contributed by atoms with Gasteiger partial charge in [0, 0.05) is 12.0 Å². The number of aryl methyl sites for hydroxylation is 1. The monoisotopic (exact) mass is 261 g/mol. The third-order valence-corrected chi connectivity index (χ3v) is 3.56. The van der Waals surface area contributed by atoms with Crippen LogP contribution in [0.25, 0.3) is 0 Å². The van der Waals surface area contributed by atoms with E-state index in [9.17, 15) is 14.4 Å². The van der Waals surface area contributed by atoms with Gasteiger partial charge in [0.1, 0.15) is 6.54 Å². The number of rotatable bonds is 2. The summed E-state index contributed by atoms with van der Waals surface area (Å²) in [6, 6.07) is 7.25. The first-order valence-electron chi connectivity index (χ1n) is 5.90. The third-order valence-electron chi connectivity index (χ3n) is 3.56. The van der Waals surface area contributed by atoms with Crippen molar-refractivity contribution < 1.29 is 24.2 Å². The first-order chi connectivity index (χ1) is 9.04. The minimum Gasteiger partial charge on any atom is -0.480 e. The Morgan fingerprint density at radius 1 is 1.37 bits per heavy atom. The second kappa shape index (κ2) is 3.81. The van der Waals surface area contributed by atoms with Gasteiger partial charge in [-0.2, -0.15) is 0 Å². The van der Waals surface area contributed by atoms with Crippen molar-refractivity contribution in [1.82, 2.24) is 4.90 Å². The number of imide groups is 1. The smallest absolute Gasteiger partial charge is 0.418 e. The lowest BCUT2D eigenvalue weighted by atomic mass is 9.95. The summed E-state index contributed by atoms with van der Waals surface area (Å²) in [5, 5.41) is 8.73. The zero-order valence-electron chi connectivity index (χ0n) is 9.96. The van der Waals surface area contributed by atoms with Gasteiger partial charge in [-0.05, 0) is 12.0 Å². The number of carbonyl (C=O) groups is 3. The fraction of sp³-hybridized carbons (Fsp3) is 0.308. The minimum absolute atomic E-state index is 0.368. The number of amides is 2. The van der Waals surface area contributed by atoms with E-state index >= 15 is 0 Å². The van der Waals surface area contributed by atoms with Crippen LogP contribution in [0.3, 0.4) is 0 Å². The maximum Gasteiger partial charge on any atom is 0.418 e. The number of hydrogen-bond donors (Lipinski definition) is 1. The maximum absolute atomic E-state index is 12.4. The highest BCUT2D eigenvalue weighted by molar-refractivity contribution is 6.05. The lowest BCUT2D eigenvalue weighted by molar-refractivity contribution is -0.144. The second-order valence-electron chi connectivity index (χ2n) is 4.64. The van der Waals surface area contributed by atoms with E-state index in [2.05, 4.69) is 0 Å². The first kappa shape index (κ1) is 11.7. The van der Waals surface area contributed by atoms with Crippen LogP contribution in [0.5, 0.6) is 0 Å². The van der Waals surface area contributed by atoms with Gasteiger partial charge in [-0.3, -0.25) is 9.59 Å². The molecule has 6 heteroatoms. The third kappa shape index (κ3) is 1.53. The maximum atomic E-state index is 12.4. The molecule has 2 aliphatic rings. The molecule has 0 aromatic heterocycles. The summed E-state index contributed by atoms with van der Waals surface area (Å²) in [5.74, 6) is -1.82. The van der Waals surface area contributed by atoms with Gasteiger partial charge in [-0.25, -0.2) is 9.69 Å². The summed E-state index contributed by atoms with van der Waals surface area (Å²) >= 11 is 0. The van der Waals surface area contributed by atoms with Gasteiger partial charge in [0.2, 0.25) is 5.60 Å². The Morgan fingerprint density at radius 3 is 2.84 bits per heavy atom. The standard InChI is InChI=1S/C13H11NO5/c15-10(16)7-14-11(17)13(19-12(14)18)6-5-8-3-1-2-4-9(8)13/h1-4H,5-7H2,(H,15,16)/t13-/m0/s1. The van der Waals surface area contributed by atoms with E-state index in [1.165, 1.54) is 0 Å². The van der Waals surface area contributed by atoms with Gasteiger partial charge in [0.05, 0.1) is 0 Å². The van der Waals surface area contributed by atoms with Gasteiger partial charge < -0.3 is 9.84 Å². The van der Waals surface area contributed by atoms with Crippen LogP contribution >= 0.6 is 0 Å². The molecular formula is C13H11NO5. The molecule has 6 nitrogen and oxygen atoms in total. The number of benzene rings is 1. The number of fused-ring (bicyclic) bond motifs is 2. The SMILES string of the molecule is O=C(O)CN1C(=O)O[C@]2(CCc3ccccc32)C1=O. The summed E-state index contributed by atoms with van der Waals surface area (Å²) in [4.78, 5) is 35.4. The van der Waals surface area contributed by atoms with Crippen LogP contribution in [-0.4, -0.2) is 34.5 Å². The molecular weight excluding hydrogens is 250 g/mol. The lowest BCUT2D eigenvalue weighted by Crippen LogP contribution is -2.39. The van der Waals surface area contributed by atoms with Crippen LogP contribution in [0.15, 0.2) is 24.3 Å². The molecule has 1 N–H and O–H groups in total. The molecule has 3 rings (SSSR count). The summed E-state index contributed by atoms with van der Waals surface area (Å²) in [6.45, 7) is -0.665. The molecule has 0 bridgehead atoms. The molecule has 19 heavy (non-hydrogen) atoms. The minimum atomic E-state index is -1.32. The van der Waals surface area contributed by atoms with Crippen LogP contribution in [0.2, 0.25) is 0 Å². The number of hydrogen-bond acceptors (Lipinski definition) is 4. The Labute approximate surface area is 108 Å². The second-order valence-corrected chi connectivity index (χ2v) is 4.64. The van der Waals surface area contributed by atoms with Crippen LogP contribution in [0, 0.1) is 0 Å². The van der Waals surface area contributed by atoms with E-state index in [1.54, 1.807) is 12.1 Å². The number of carboxylic acids is 1. The molecule has 1 aromatic carbocycles. The molecule has 1 fully saturated rings. The van der Waals surface area contributed by atoms with Crippen LogP contribution in [0.1, 0.15) is 17.5 Å². The van der Waals surface area contributed by atoms with Gasteiger partial charge in [0.25, 0.3) is 5.91 Å². The normalized spacial score (nSPS) is 24.7. The Balaban J connectivity index is 2.02. The Morgan fingerprint density at radius 2 is 2.11 bits per heavy atom. The fourth-order valence-electron chi connectivity index (χ4n) is 2.73. The molecule has 1 saturated heterocycles. The van der Waals surface area contributed by atoms with Crippen LogP contribution in [-0.2, 0) is 26.3 Å². The predicted octanol–water partition coefficient (Wildman–Crippen LogP) is 0.892. The van der Waals surface area contributed by atoms with Crippen molar-refractivity contribution in [3.8, 4) is 0 Å². The zero-order chi connectivity index (χ0) is 13.6. The average Bonchev–Trinajstić information content (AvgIpc) is 2.85. The highest BCUT2D eigenvalue weighted by atomic mass is 16.6. The van der Waals surface area contributed by atoms with Crippen LogP contribution < -0.4 is 0 Å². The fourth-order valence-corrected chi connectivity index (χ4v) is 2.73. The largest absolute Gasteiger partial charge is 0.480 e. The zero-order valence-corrected chi connectivity index (χ0v) is 9.96. The number of carbonyl (C=O) groups excluding carboxylic acids is 2. The highest BCUT2D eigenvalue weighted by Gasteiger charge is 2.58. The van der Waals surface area contributed by atoms with Crippen molar-refractivity contribution in [2.24, 2.45) is 0 Å². The van der Waals surface area contributed by atoms with Crippen molar-refractivity contribution >= 4 is 18.0 Å². The lowest BCUT2D eigenvalue weighted by Gasteiger charge is -2.19. The van der Waals surface area contributed by atoms with E-state index in [0.717, 1.165) is 5.56 Å². The number of nitrogens with zero attached hydrogens (tertiary/aromatic N) is 1. The number of carboxylic acid groups (broad SMARTS) is 1. The molecule has 1 aliphatic heterocycles. The van der Waals surface area contributed by atoms with Crippen molar-refractivity contribution in [2.45, 2.75) is 18.4 Å². The molecule has 98 valence electrons. The highest BCUT2D eigenvalue weighted by Crippen LogP contribution is 2.44. The first-order valence-corrected chi connectivity index (χ1v) is 5.90. The van der Waals surface area contributed by atoms with E-state index in [0.29, 0.717) is 23.3 Å². The molecule has 0 saturated carbocycles. The molecule has 1 atom stereocenters. The summed E-state index contributed by atoms with van der Waals surface area (Å²) < 4.78 is 5.24. The summed E-state index contributed by atoms with van der Waals surface area (Å²) in [7, 11) is 0. The number of ether oxygens (including phenoxy) is 1. The molecule has 2 amide bonds.